The highest BCUT2D eigenvalue weighted by Gasteiger charge is 2.19. The number of aromatic nitrogens is 2. The Morgan fingerprint density at radius 3 is 2.76 bits per heavy atom. The van der Waals surface area contributed by atoms with E-state index in [1.54, 1.807) is 0 Å². The largest absolute Gasteiger partial charge is 0.379 e. The Bertz CT molecular complexity index is 344. The van der Waals surface area contributed by atoms with Crippen LogP contribution in [0.2, 0.25) is 0 Å². The fourth-order valence-corrected chi connectivity index (χ4v) is 1.88. The number of hydrogen-bond acceptors (Lipinski definition) is 5. The molecule has 0 spiro atoms. The first-order valence-corrected chi connectivity index (χ1v) is 6.58. The molecule has 0 atom stereocenters. The van der Waals surface area contributed by atoms with Crippen molar-refractivity contribution in [3.8, 4) is 0 Å². The van der Waals surface area contributed by atoms with Crippen molar-refractivity contribution in [2.24, 2.45) is 0 Å². The molecule has 4 nitrogen and oxygen atoms in total. The zero-order chi connectivity index (χ0) is 12.7. The van der Waals surface area contributed by atoms with E-state index < -0.39 is 0 Å². The monoisotopic (exact) mass is 255 g/mol. The smallest absolute Gasteiger partial charge is 0.202 e. The summed E-state index contributed by atoms with van der Waals surface area (Å²) >= 11 is 1.40. The van der Waals surface area contributed by atoms with E-state index in [1.165, 1.54) is 11.5 Å². The number of hydrogen-bond donors (Lipinski definition) is 1. The molecule has 0 aliphatic rings. The average Bonchev–Trinajstić information content (AvgIpc) is 2.71. The van der Waals surface area contributed by atoms with Crippen molar-refractivity contribution >= 4 is 16.7 Å². The Morgan fingerprint density at radius 2 is 2.18 bits per heavy atom. The standard InChI is InChI=1S/C12H21N3OS/c1-5-6-8-16-9-7-13-11-14-10(15-17-11)12(2,3)4/h5H,1,6-9H2,2-4H3,(H,13,14,15). The third-order valence-electron chi connectivity index (χ3n) is 2.09. The van der Waals surface area contributed by atoms with Gasteiger partial charge in [-0.3, -0.25) is 0 Å². The number of ether oxygens (including phenoxy) is 1. The lowest BCUT2D eigenvalue weighted by atomic mass is 9.96. The molecule has 0 saturated carbocycles. The summed E-state index contributed by atoms with van der Waals surface area (Å²) in [4.78, 5) is 4.44. The molecule has 0 aliphatic heterocycles. The predicted octanol–water partition coefficient (Wildman–Crippen LogP) is 2.84. The van der Waals surface area contributed by atoms with Crippen LogP contribution in [0.1, 0.15) is 33.0 Å². The van der Waals surface area contributed by atoms with Gasteiger partial charge >= 0.3 is 0 Å². The molecule has 0 fully saturated rings. The van der Waals surface area contributed by atoms with Gasteiger partial charge in [-0.05, 0) is 6.42 Å². The van der Waals surface area contributed by atoms with Crippen LogP contribution < -0.4 is 5.32 Å². The summed E-state index contributed by atoms with van der Waals surface area (Å²) in [5.41, 5.74) is 0.0108. The van der Waals surface area contributed by atoms with Crippen LogP contribution in [0.25, 0.3) is 0 Å². The van der Waals surface area contributed by atoms with Crippen molar-refractivity contribution in [3.63, 3.8) is 0 Å². The van der Waals surface area contributed by atoms with Crippen LogP contribution in [0, 0.1) is 0 Å². The van der Waals surface area contributed by atoms with Crippen molar-refractivity contribution in [2.75, 3.05) is 25.1 Å². The molecule has 0 amide bonds. The minimum Gasteiger partial charge on any atom is -0.379 e. The molecule has 0 bridgehead atoms. The maximum atomic E-state index is 5.39. The second-order valence-corrected chi connectivity index (χ2v) is 5.54. The molecular formula is C12H21N3OS. The first kappa shape index (κ1) is 14.1. The van der Waals surface area contributed by atoms with Crippen LogP contribution in [-0.2, 0) is 10.2 Å². The maximum absolute atomic E-state index is 5.39. The predicted molar refractivity (Wildman–Crippen MR) is 72.7 cm³/mol. The van der Waals surface area contributed by atoms with Crippen LogP contribution >= 0.6 is 11.5 Å². The van der Waals surface area contributed by atoms with Gasteiger partial charge in [-0.2, -0.15) is 4.37 Å². The zero-order valence-electron chi connectivity index (χ0n) is 10.8. The fourth-order valence-electron chi connectivity index (χ4n) is 1.10. The second kappa shape index (κ2) is 6.71. The van der Waals surface area contributed by atoms with Gasteiger partial charge in [0.15, 0.2) is 0 Å². The van der Waals surface area contributed by atoms with Gasteiger partial charge in [-0.1, -0.05) is 26.8 Å². The van der Waals surface area contributed by atoms with E-state index in [1.807, 2.05) is 6.08 Å². The van der Waals surface area contributed by atoms with Crippen LogP contribution in [-0.4, -0.2) is 29.1 Å². The molecule has 1 heterocycles. The highest BCUT2D eigenvalue weighted by molar-refractivity contribution is 7.09. The van der Waals surface area contributed by atoms with Gasteiger partial charge in [0.05, 0.1) is 13.2 Å². The molecule has 1 aromatic rings. The van der Waals surface area contributed by atoms with E-state index in [-0.39, 0.29) is 5.41 Å². The number of rotatable bonds is 7. The third-order valence-corrected chi connectivity index (χ3v) is 2.76. The summed E-state index contributed by atoms with van der Waals surface area (Å²) in [6, 6.07) is 0. The normalized spacial score (nSPS) is 11.5. The molecule has 0 unspecified atom stereocenters. The quantitative estimate of drug-likeness (QED) is 0.601. The molecular weight excluding hydrogens is 234 g/mol. The van der Waals surface area contributed by atoms with E-state index in [4.69, 9.17) is 4.74 Å². The molecule has 0 saturated heterocycles. The summed E-state index contributed by atoms with van der Waals surface area (Å²) in [5.74, 6) is 0.887. The Hall–Kier alpha value is -0.940. The first-order valence-electron chi connectivity index (χ1n) is 5.80. The maximum Gasteiger partial charge on any atom is 0.202 e. The van der Waals surface area contributed by atoms with E-state index >= 15 is 0 Å². The molecule has 0 aliphatic carbocycles. The van der Waals surface area contributed by atoms with Gasteiger partial charge in [0.2, 0.25) is 5.13 Å². The fraction of sp³-hybridized carbons (Fsp3) is 0.667. The molecule has 5 heteroatoms. The molecule has 0 radical (unpaired) electrons. The summed E-state index contributed by atoms with van der Waals surface area (Å²) in [6.07, 6.45) is 2.75. The molecule has 1 aromatic heterocycles. The molecule has 1 rings (SSSR count). The average molecular weight is 255 g/mol. The van der Waals surface area contributed by atoms with E-state index in [9.17, 15) is 0 Å². The van der Waals surface area contributed by atoms with E-state index in [0.29, 0.717) is 6.61 Å². The van der Waals surface area contributed by atoms with Crippen molar-refractivity contribution in [3.05, 3.63) is 18.5 Å². The van der Waals surface area contributed by atoms with Crippen LogP contribution in [0.4, 0.5) is 5.13 Å². The minimum absolute atomic E-state index is 0.0108. The highest BCUT2D eigenvalue weighted by atomic mass is 32.1. The van der Waals surface area contributed by atoms with Crippen molar-refractivity contribution < 1.29 is 4.74 Å². The zero-order valence-corrected chi connectivity index (χ0v) is 11.6. The topological polar surface area (TPSA) is 47.0 Å². The van der Waals surface area contributed by atoms with Crippen molar-refractivity contribution in [2.45, 2.75) is 32.6 Å². The van der Waals surface area contributed by atoms with E-state index in [0.717, 1.165) is 30.5 Å². The van der Waals surface area contributed by atoms with E-state index in [2.05, 4.69) is 42.0 Å². The molecule has 17 heavy (non-hydrogen) atoms. The van der Waals surface area contributed by atoms with Gasteiger partial charge in [0.25, 0.3) is 0 Å². The Labute approximate surface area is 107 Å². The SMILES string of the molecule is C=CCCOCCNc1nc(C(C)(C)C)ns1. The summed E-state index contributed by atoms with van der Waals surface area (Å²) in [6.45, 7) is 12.1. The lowest BCUT2D eigenvalue weighted by Crippen LogP contribution is -2.14. The lowest BCUT2D eigenvalue weighted by molar-refractivity contribution is 0.149. The van der Waals surface area contributed by atoms with Crippen LogP contribution in [0.15, 0.2) is 12.7 Å². The van der Waals surface area contributed by atoms with Crippen LogP contribution in [0.3, 0.4) is 0 Å². The molecule has 0 aromatic carbocycles. The first-order chi connectivity index (χ1) is 8.04. The van der Waals surface area contributed by atoms with Gasteiger partial charge < -0.3 is 10.1 Å². The van der Waals surface area contributed by atoms with Gasteiger partial charge in [0.1, 0.15) is 5.82 Å². The third kappa shape index (κ3) is 5.28. The Kier molecular flexibility index (Phi) is 5.58. The lowest BCUT2D eigenvalue weighted by Gasteiger charge is -2.12. The van der Waals surface area contributed by atoms with Gasteiger partial charge in [-0.15, -0.1) is 6.58 Å². The second-order valence-electron chi connectivity index (χ2n) is 4.79. The Morgan fingerprint density at radius 1 is 1.41 bits per heavy atom. The highest BCUT2D eigenvalue weighted by Crippen LogP contribution is 2.22. The summed E-state index contributed by atoms with van der Waals surface area (Å²) in [5, 5.41) is 4.07. The van der Waals surface area contributed by atoms with Gasteiger partial charge in [0, 0.05) is 23.5 Å². The van der Waals surface area contributed by atoms with Gasteiger partial charge in [-0.25, -0.2) is 4.98 Å². The molecule has 1 N–H and O–H groups in total. The van der Waals surface area contributed by atoms with Crippen molar-refractivity contribution in [1.82, 2.24) is 9.36 Å². The molecule has 96 valence electrons. The number of nitrogens with zero attached hydrogens (tertiary/aromatic N) is 2. The van der Waals surface area contributed by atoms with Crippen LogP contribution in [0.5, 0.6) is 0 Å². The minimum atomic E-state index is 0.0108. The number of nitrogens with one attached hydrogen (secondary N) is 1. The Balaban J connectivity index is 2.24. The summed E-state index contributed by atoms with van der Waals surface area (Å²) < 4.78 is 9.72. The number of anilines is 1. The van der Waals surface area contributed by atoms with Crippen molar-refractivity contribution in [1.29, 1.82) is 0 Å². The summed E-state index contributed by atoms with van der Waals surface area (Å²) in [7, 11) is 0.